The van der Waals surface area contributed by atoms with Gasteiger partial charge >= 0.3 is 0 Å². The van der Waals surface area contributed by atoms with Gasteiger partial charge in [0, 0.05) is 18.3 Å². The third-order valence-electron chi connectivity index (χ3n) is 4.16. The zero-order valence-electron chi connectivity index (χ0n) is 11.9. The number of nitrogens with zero attached hydrogens (tertiary/aromatic N) is 1. The Bertz CT molecular complexity index is 688. The molecule has 0 bridgehead atoms. The predicted octanol–water partition coefficient (Wildman–Crippen LogP) is 3.82. The minimum Gasteiger partial charge on any atom is -0.299 e. The standard InChI is InChI=1S/C19H17NO/c1-15(21)19(17-10-13-20-14-11-17)12-6-5-9-18(19)16-7-3-2-4-8-16/h2-14,18H,1H3. The molecule has 0 aliphatic heterocycles. The fourth-order valence-electron chi connectivity index (χ4n) is 3.12. The second kappa shape index (κ2) is 5.49. The smallest absolute Gasteiger partial charge is 0.145 e. The second-order valence-electron chi connectivity index (χ2n) is 5.29. The van der Waals surface area contributed by atoms with Crippen LogP contribution in [0.1, 0.15) is 24.0 Å². The van der Waals surface area contributed by atoms with E-state index in [4.69, 9.17) is 0 Å². The van der Waals surface area contributed by atoms with Crippen molar-refractivity contribution in [2.75, 3.05) is 0 Å². The molecule has 2 unspecified atom stereocenters. The highest BCUT2D eigenvalue weighted by atomic mass is 16.1. The Hall–Kier alpha value is -2.48. The lowest BCUT2D eigenvalue weighted by Crippen LogP contribution is -2.39. The van der Waals surface area contributed by atoms with E-state index >= 15 is 0 Å². The number of aromatic nitrogens is 1. The molecule has 0 saturated heterocycles. The lowest BCUT2D eigenvalue weighted by Gasteiger charge is -2.37. The molecule has 0 saturated carbocycles. The van der Waals surface area contributed by atoms with Gasteiger partial charge in [0.25, 0.3) is 0 Å². The summed E-state index contributed by atoms with van der Waals surface area (Å²) >= 11 is 0. The number of pyridine rings is 1. The average molecular weight is 275 g/mol. The number of Topliss-reactive ketones (excluding diaryl/α,β-unsaturated/α-hetero) is 1. The molecule has 2 nitrogen and oxygen atoms in total. The summed E-state index contributed by atoms with van der Waals surface area (Å²) in [6.45, 7) is 1.67. The molecular weight excluding hydrogens is 258 g/mol. The van der Waals surface area contributed by atoms with Crippen LogP contribution < -0.4 is 0 Å². The predicted molar refractivity (Wildman–Crippen MR) is 84.1 cm³/mol. The summed E-state index contributed by atoms with van der Waals surface area (Å²) in [5.74, 6) is 0.145. The van der Waals surface area contributed by atoms with Crippen molar-refractivity contribution >= 4 is 5.78 Å². The van der Waals surface area contributed by atoms with Crippen molar-refractivity contribution in [2.24, 2.45) is 0 Å². The number of hydrogen-bond donors (Lipinski definition) is 0. The highest BCUT2D eigenvalue weighted by Crippen LogP contribution is 2.44. The third kappa shape index (κ3) is 2.23. The van der Waals surface area contributed by atoms with Crippen LogP contribution in [0.15, 0.2) is 79.2 Å². The minimum atomic E-state index is -0.654. The molecule has 1 heterocycles. The summed E-state index contributed by atoms with van der Waals surface area (Å²) in [5.41, 5.74) is 1.48. The Morgan fingerprint density at radius 3 is 2.43 bits per heavy atom. The largest absolute Gasteiger partial charge is 0.299 e. The summed E-state index contributed by atoms with van der Waals surface area (Å²) in [4.78, 5) is 16.7. The van der Waals surface area contributed by atoms with Crippen molar-refractivity contribution in [3.05, 3.63) is 90.3 Å². The van der Waals surface area contributed by atoms with Crippen LogP contribution in [0.5, 0.6) is 0 Å². The van der Waals surface area contributed by atoms with Crippen molar-refractivity contribution in [3.8, 4) is 0 Å². The number of carbonyl (C=O) groups excluding carboxylic acids is 1. The maximum atomic E-state index is 12.6. The van der Waals surface area contributed by atoms with Crippen LogP contribution in [0.2, 0.25) is 0 Å². The molecule has 21 heavy (non-hydrogen) atoms. The minimum absolute atomic E-state index is 0.00333. The van der Waals surface area contributed by atoms with Gasteiger partial charge in [-0.1, -0.05) is 54.6 Å². The number of allylic oxidation sites excluding steroid dienone is 4. The average Bonchev–Trinajstić information content (AvgIpc) is 2.56. The molecule has 1 aromatic heterocycles. The normalized spacial score (nSPS) is 24.0. The van der Waals surface area contributed by atoms with Crippen LogP contribution in [0.4, 0.5) is 0 Å². The van der Waals surface area contributed by atoms with Gasteiger partial charge in [0.1, 0.15) is 5.78 Å². The maximum absolute atomic E-state index is 12.6. The van der Waals surface area contributed by atoms with E-state index in [0.717, 1.165) is 11.1 Å². The first-order chi connectivity index (χ1) is 10.2. The van der Waals surface area contributed by atoms with Crippen LogP contribution in [0.3, 0.4) is 0 Å². The lowest BCUT2D eigenvalue weighted by molar-refractivity contribution is -0.121. The van der Waals surface area contributed by atoms with E-state index in [1.807, 2.05) is 48.6 Å². The van der Waals surface area contributed by atoms with E-state index in [1.54, 1.807) is 19.3 Å². The van der Waals surface area contributed by atoms with Crippen molar-refractivity contribution in [1.82, 2.24) is 4.98 Å². The van der Waals surface area contributed by atoms with Gasteiger partial charge in [-0.05, 0) is 30.2 Å². The highest BCUT2D eigenvalue weighted by molar-refractivity contribution is 5.92. The van der Waals surface area contributed by atoms with Crippen molar-refractivity contribution in [2.45, 2.75) is 18.3 Å². The van der Waals surface area contributed by atoms with E-state index in [-0.39, 0.29) is 11.7 Å². The number of hydrogen-bond acceptors (Lipinski definition) is 2. The van der Waals surface area contributed by atoms with Crippen molar-refractivity contribution < 1.29 is 4.79 Å². The summed E-state index contributed by atoms with van der Waals surface area (Å²) in [6.07, 6.45) is 11.6. The molecule has 0 spiro atoms. The zero-order valence-corrected chi connectivity index (χ0v) is 11.9. The molecule has 1 aliphatic carbocycles. The number of benzene rings is 1. The molecule has 0 radical (unpaired) electrons. The van der Waals surface area contributed by atoms with E-state index in [1.165, 1.54) is 0 Å². The monoisotopic (exact) mass is 275 g/mol. The van der Waals surface area contributed by atoms with Gasteiger partial charge in [0.15, 0.2) is 0 Å². The molecule has 2 aromatic rings. The van der Waals surface area contributed by atoms with E-state index in [2.05, 4.69) is 23.2 Å². The topological polar surface area (TPSA) is 30.0 Å². The molecule has 2 atom stereocenters. The molecular formula is C19H17NO. The molecule has 104 valence electrons. The highest BCUT2D eigenvalue weighted by Gasteiger charge is 2.43. The van der Waals surface area contributed by atoms with Gasteiger partial charge in [-0.25, -0.2) is 0 Å². The van der Waals surface area contributed by atoms with E-state index in [0.29, 0.717) is 0 Å². The molecule has 1 aromatic carbocycles. The van der Waals surface area contributed by atoms with Crippen LogP contribution in [0, 0.1) is 0 Å². The Balaban J connectivity index is 2.20. The van der Waals surface area contributed by atoms with Crippen LogP contribution in [-0.2, 0) is 10.2 Å². The summed E-state index contributed by atoms with van der Waals surface area (Å²) in [5, 5.41) is 0. The fourth-order valence-corrected chi connectivity index (χ4v) is 3.12. The van der Waals surface area contributed by atoms with Crippen LogP contribution >= 0.6 is 0 Å². The molecule has 1 aliphatic rings. The first kappa shape index (κ1) is 13.5. The second-order valence-corrected chi connectivity index (χ2v) is 5.29. The van der Waals surface area contributed by atoms with Crippen LogP contribution in [-0.4, -0.2) is 10.8 Å². The number of carbonyl (C=O) groups is 1. The Labute approximate surface area is 124 Å². The fraction of sp³-hybridized carbons (Fsp3) is 0.158. The van der Waals surface area contributed by atoms with E-state index < -0.39 is 5.41 Å². The number of ketones is 1. The third-order valence-corrected chi connectivity index (χ3v) is 4.16. The quantitative estimate of drug-likeness (QED) is 0.852. The first-order valence-electron chi connectivity index (χ1n) is 7.07. The van der Waals surface area contributed by atoms with Crippen molar-refractivity contribution in [1.29, 1.82) is 0 Å². The molecule has 0 amide bonds. The van der Waals surface area contributed by atoms with Gasteiger partial charge in [-0.15, -0.1) is 0 Å². The van der Waals surface area contributed by atoms with Gasteiger partial charge in [-0.2, -0.15) is 0 Å². The SMILES string of the molecule is CC(=O)C1(c2ccncc2)C=CC=CC1c1ccccc1. The summed E-state index contributed by atoms with van der Waals surface area (Å²) < 4.78 is 0. The lowest BCUT2D eigenvalue weighted by atomic mass is 9.64. The molecule has 0 fully saturated rings. The zero-order chi connectivity index (χ0) is 14.7. The molecule has 2 heteroatoms. The Morgan fingerprint density at radius 2 is 1.76 bits per heavy atom. The van der Waals surface area contributed by atoms with E-state index in [9.17, 15) is 4.79 Å². The number of rotatable bonds is 3. The maximum Gasteiger partial charge on any atom is 0.145 e. The van der Waals surface area contributed by atoms with Gasteiger partial charge in [-0.3, -0.25) is 9.78 Å². The molecule has 0 N–H and O–H groups in total. The van der Waals surface area contributed by atoms with Gasteiger partial charge < -0.3 is 0 Å². The molecule has 3 rings (SSSR count). The van der Waals surface area contributed by atoms with Crippen LogP contribution in [0.25, 0.3) is 0 Å². The first-order valence-corrected chi connectivity index (χ1v) is 7.07. The summed E-state index contributed by atoms with van der Waals surface area (Å²) in [7, 11) is 0. The van der Waals surface area contributed by atoms with Gasteiger partial charge in [0.05, 0.1) is 5.41 Å². The Kier molecular flexibility index (Phi) is 3.53. The van der Waals surface area contributed by atoms with Gasteiger partial charge in [0.2, 0.25) is 0 Å². The Morgan fingerprint density at radius 1 is 1.05 bits per heavy atom. The van der Waals surface area contributed by atoms with Crippen molar-refractivity contribution in [3.63, 3.8) is 0 Å². The summed E-state index contributed by atoms with van der Waals surface area (Å²) in [6, 6.07) is 14.0.